The van der Waals surface area contributed by atoms with Gasteiger partial charge in [-0.25, -0.2) is 9.18 Å². The first kappa shape index (κ1) is 20.0. The van der Waals surface area contributed by atoms with Crippen LogP contribution in [0.3, 0.4) is 0 Å². The number of carbonyl (C=O) groups is 1. The first-order chi connectivity index (χ1) is 13.4. The molecule has 0 aromatic heterocycles. The third kappa shape index (κ3) is 4.94. The van der Waals surface area contributed by atoms with E-state index in [1.807, 2.05) is 18.2 Å². The van der Waals surface area contributed by atoms with Crippen molar-refractivity contribution in [1.82, 2.24) is 10.6 Å². The molecule has 0 saturated heterocycles. The summed E-state index contributed by atoms with van der Waals surface area (Å²) < 4.78 is 24.8. The summed E-state index contributed by atoms with van der Waals surface area (Å²) in [7, 11) is 0. The van der Waals surface area contributed by atoms with Crippen molar-refractivity contribution in [3.63, 3.8) is 0 Å². The predicted octanol–water partition coefficient (Wildman–Crippen LogP) is 4.49. The Morgan fingerprint density at radius 3 is 2.57 bits per heavy atom. The molecule has 0 fully saturated rings. The molecule has 1 aliphatic heterocycles. The summed E-state index contributed by atoms with van der Waals surface area (Å²) in [5.41, 5.74) is 2.38. The lowest BCUT2D eigenvalue weighted by Gasteiger charge is -2.24. The van der Waals surface area contributed by atoms with Crippen LogP contribution in [0.15, 0.2) is 36.4 Å². The summed E-state index contributed by atoms with van der Waals surface area (Å²) in [6, 6.07) is 10.2. The number of halogens is 1. The summed E-state index contributed by atoms with van der Waals surface area (Å²) in [6.07, 6.45) is 0.848. The van der Waals surface area contributed by atoms with Crippen molar-refractivity contribution >= 4 is 6.03 Å². The minimum absolute atomic E-state index is 0.174. The van der Waals surface area contributed by atoms with Crippen LogP contribution in [0.4, 0.5) is 9.18 Å². The van der Waals surface area contributed by atoms with E-state index in [2.05, 4.69) is 24.5 Å². The molecule has 2 amide bonds. The molecule has 1 heterocycles. The maximum absolute atomic E-state index is 13.4. The molecule has 0 spiro atoms. The fourth-order valence-corrected chi connectivity index (χ4v) is 3.20. The molecule has 5 nitrogen and oxygen atoms in total. The topological polar surface area (TPSA) is 59.6 Å². The summed E-state index contributed by atoms with van der Waals surface area (Å²) in [6.45, 7) is 7.41. The van der Waals surface area contributed by atoms with E-state index < -0.39 is 0 Å². The molecular formula is C22H27FN2O3. The summed E-state index contributed by atoms with van der Waals surface area (Å²) in [5.74, 6) is 1.38. The second kappa shape index (κ2) is 8.95. The number of urea groups is 1. The highest BCUT2D eigenvalue weighted by molar-refractivity contribution is 5.74. The van der Waals surface area contributed by atoms with Gasteiger partial charge in [-0.2, -0.15) is 0 Å². The van der Waals surface area contributed by atoms with Gasteiger partial charge < -0.3 is 20.1 Å². The van der Waals surface area contributed by atoms with Crippen molar-refractivity contribution in [3.8, 4) is 11.5 Å². The van der Waals surface area contributed by atoms with Crippen LogP contribution in [0, 0.1) is 18.7 Å². The molecule has 150 valence electrons. The van der Waals surface area contributed by atoms with E-state index in [1.165, 1.54) is 6.07 Å². The fourth-order valence-electron chi connectivity index (χ4n) is 3.20. The predicted molar refractivity (Wildman–Crippen MR) is 106 cm³/mol. The van der Waals surface area contributed by atoms with Gasteiger partial charge in [0.1, 0.15) is 5.82 Å². The zero-order valence-electron chi connectivity index (χ0n) is 16.5. The molecular weight excluding hydrogens is 359 g/mol. The van der Waals surface area contributed by atoms with Gasteiger partial charge in [-0.3, -0.25) is 0 Å². The van der Waals surface area contributed by atoms with Gasteiger partial charge in [0.05, 0.1) is 19.3 Å². The van der Waals surface area contributed by atoms with Gasteiger partial charge in [-0.1, -0.05) is 32.0 Å². The number of hydrogen-bond donors (Lipinski definition) is 2. The number of hydrogen-bond acceptors (Lipinski definition) is 3. The molecule has 1 aliphatic rings. The molecule has 28 heavy (non-hydrogen) atoms. The Labute approximate surface area is 165 Å². The third-order valence-electron chi connectivity index (χ3n) is 4.76. The van der Waals surface area contributed by atoms with Crippen LogP contribution < -0.4 is 20.1 Å². The van der Waals surface area contributed by atoms with E-state index in [0.717, 1.165) is 23.3 Å². The number of rotatable bonds is 5. The van der Waals surface area contributed by atoms with Crippen molar-refractivity contribution in [2.75, 3.05) is 13.2 Å². The largest absolute Gasteiger partial charge is 0.490 e. The number of ether oxygens (including phenoxy) is 2. The van der Waals surface area contributed by atoms with E-state index in [-0.39, 0.29) is 23.8 Å². The lowest BCUT2D eigenvalue weighted by Crippen LogP contribution is -2.39. The molecule has 0 unspecified atom stereocenters. The highest BCUT2D eigenvalue weighted by atomic mass is 19.1. The van der Waals surface area contributed by atoms with Gasteiger partial charge in [-0.15, -0.1) is 0 Å². The molecule has 0 bridgehead atoms. The second-order valence-electron chi connectivity index (χ2n) is 7.39. The average Bonchev–Trinajstić information content (AvgIpc) is 2.91. The van der Waals surface area contributed by atoms with Gasteiger partial charge in [0.15, 0.2) is 11.5 Å². The zero-order chi connectivity index (χ0) is 20.1. The molecule has 2 N–H and O–H groups in total. The molecule has 2 aromatic rings. The van der Waals surface area contributed by atoms with Crippen molar-refractivity contribution in [3.05, 3.63) is 58.9 Å². The molecule has 0 radical (unpaired) electrons. The van der Waals surface area contributed by atoms with Gasteiger partial charge in [0, 0.05) is 13.0 Å². The van der Waals surface area contributed by atoms with Gasteiger partial charge >= 0.3 is 6.03 Å². The minimum Gasteiger partial charge on any atom is -0.490 e. The number of aryl methyl sites for hydroxylation is 1. The standard InChI is InChI=1S/C22H27FN2O3/c1-14(2)21(17-6-8-19-20(12-17)28-10-4-9-27-19)25-22(26)24-13-16-5-7-18(23)15(3)11-16/h5-8,11-12,14,21H,4,9-10,13H2,1-3H3,(H2,24,25,26)/t21-/m1/s1. The normalized spacial score (nSPS) is 14.3. The van der Waals surface area contributed by atoms with E-state index in [0.29, 0.717) is 31.1 Å². The average molecular weight is 386 g/mol. The Bertz CT molecular complexity index is 839. The highest BCUT2D eigenvalue weighted by Gasteiger charge is 2.21. The van der Waals surface area contributed by atoms with Crippen LogP contribution in [0.2, 0.25) is 0 Å². The van der Waals surface area contributed by atoms with Crippen LogP contribution in [0.25, 0.3) is 0 Å². The van der Waals surface area contributed by atoms with E-state index >= 15 is 0 Å². The van der Waals surface area contributed by atoms with Crippen molar-refractivity contribution in [1.29, 1.82) is 0 Å². The first-order valence-corrected chi connectivity index (χ1v) is 9.63. The van der Waals surface area contributed by atoms with E-state index in [4.69, 9.17) is 9.47 Å². The number of amides is 2. The Hall–Kier alpha value is -2.76. The van der Waals surface area contributed by atoms with Crippen LogP contribution in [0.5, 0.6) is 11.5 Å². The van der Waals surface area contributed by atoms with Crippen molar-refractivity contribution < 1.29 is 18.7 Å². The Morgan fingerprint density at radius 1 is 1.11 bits per heavy atom. The van der Waals surface area contributed by atoms with Crippen molar-refractivity contribution in [2.24, 2.45) is 5.92 Å². The van der Waals surface area contributed by atoms with E-state index in [1.54, 1.807) is 19.1 Å². The molecule has 1 atom stereocenters. The Kier molecular flexibility index (Phi) is 6.39. The van der Waals surface area contributed by atoms with Gasteiger partial charge in [0.2, 0.25) is 0 Å². The molecule has 3 rings (SSSR count). The number of fused-ring (bicyclic) bond motifs is 1. The Morgan fingerprint density at radius 2 is 1.86 bits per heavy atom. The second-order valence-corrected chi connectivity index (χ2v) is 7.39. The fraction of sp³-hybridized carbons (Fsp3) is 0.409. The van der Waals surface area contributed by atoms with Crippen LogP contribution >= 0.6 is 0 Å². The monoisotopic (exact) mass is 386 g/mol. The third-order valence-corrected chi connectivity index (χ3v) is 4.76. The van der Waals surface area contributed by atoms with Gasteiger partial charge in [-0.05, 0) is 47.7 Å². The lowest BCUT2D eigenvalue weighted by atomic mass is 9.96. The lowest BCUT2D eigenvalue weighted by molar-refractivity contribution is 0.232. The van der Waals surface area contributed by atoms with Crippen molar-refractivity contribution in [2.45, 2.75) is 39.8 Å². The molecule has 6 heteroatoms. The van der Waals surface area contributed by atoms with Crippen LogP contribution in [0.1, 0.15) is 43.0 Å². The molecule has 2 aromatic carbocycles. The smallest absolute Gasteiger partial charge is 0.315 e. The number of carbonyl (C=O) groups excluding carboxylic acids is 1. The first-order valence-electron chi connectivity index (χ1n) is 9.63. The Balaban J connectivity index is 1.66. The highest BCUT2D eigenvalue weighted by Crippen LogP contribution is 2.34. The van der Waals surface area contributed by atoms with Crippen LogP contribution in [-0.2, 0) is 6.54 Å². The zero-order valence-corrected chi connectivity index (χ0v) is 16.5. The number of nitrogens with one attached hydrogen (secondary N) is 2. The minimum atomic E-state index is -0.271. The number of benzene rings is 2. The van der Waals surface area contributed by atoms with Crippen LogP contribution in [-0.4, -0.2) is 19.2 Å². The maximum Gasteiger partial charge on any atom is 0.315 e. The molecule has 0 aliphatic carbocycles. The summed E-state index contributed by atoms with van der Waals surface area (Å²) in [4.78, 5) is 12.4. The summed E-state index contributed by atoms with van der Waals surface area (Å²) >= 11 is 0. The molecule has 0 saturated carbocycles. The maximum atomic E-state index is 13.4. The quantitative estimate of drug-likeness (QED) is 0.796. The van der Waals surface area contributed by atoms with Gasteiger partial charge in [0.25, 0.3) is 0 Å². The van der Waals surface area contributed by atoms with E-state index in [9.17, 15) is 9.18 Å². The SMILES string of the molecule is Cc1cc(CNC(=O)N[C@@H](c2ccc3c(c2)OCCCO3)C(C)C)ccc1F. The summed E-state index contributed by atoms with van der Waals surface area (Å²) in [5, 5.41) is 5.88.